The Morgan fingerprint density at radius 2 is 1.16 bits per heavy atom. The molecule has 2 bridgehead atoms. The van der Waals surface area contributed by atoms with Gasteiger partial charge in [-0.3, -0.25) is 86.8 Å². The van der Waals surface area contributed by atoms with Crippen molar-refractivity contribution in [3.05, 3.63) is 59.2 Å². The van der Waals surface area contributed by atoms with E-state index in [0.29, 0.717) is 76.0 Å². The maximum atomic E-state index is 15.2. The van der Waals surface area contributed by atoms with Crippen LogP contribution in [0.2, 0.25) is 0 Å². The number of carboxylic acids is 5. The molecule has 113 heavy (non-hydrogen) atoms. The van der Waals surface area contributed by atoms with Gasteiger partial charge in [0.1, 0.15) is 48.3 Å². The van der Waals surface area contributed by atoms with Crippen molar-refractivity contribution in [1.82, 2.24) is 70.5 Å². The van der Waals surface area contributed by atoms with Crippen LogP contribution in [0.15, 0.2) is 53.6 Å². The maximum absolute atomic E-state index is 15.2. The Labute approximate surface area is 665 Å². The lowest BCUT2D eigenvalue weighted by molar-refractivity contribution is -0.147. The summed E-state index contributed by atoms with van der Waals surface area (Å²) in [7, 11) is -4.13. The molecule has 7 rings (SSSR count). The monoisotopic (exact) mass is 1650 g/mol. The number of allylic oxidation sites excluding steroid dienone is 1. The highest BCUT2D eigenvalue weighted by Gasteiger charge is 2.46. The lowest BCUT2D eigenvalue weighted by Crippen LogP contribution is -2.62. The molecular formula is C73H111N15O22S3. The third-order valence-electron chi connectivity index (χ3n) is 20.9. The number of piperazine rings is 1. The first-order valence-electron chi connectivity index (χ1n) is 38.4. The largest absolute Gasteiger partial charge is 0.481 e. The molecule has 11 atom stereocenters. The molecule has 1 aliphatic carbocycles. The zero-order valence-corrected chi connectivity index (χ0v) is 66.7. The summed E-state index contributed by atoms with van der Waals surface area (Å²) in [6.45, 7) is 7.67. The van der Waals surface area contributed by atoms with Gasteiger partial charge in [-0.05, 0) is 68.4 Å². The molecule has 6 aliphatic rings. The van der Waals surface area contributed by atoms with Crippen molar-refractivity contribution in [2.45, 2.75) is 146 Å². The fourth-order valence-corrected chi connectivity index (χ4v) is 18.2. The second-order valence-corrected chi connectivity index (χ2v) is 33.5. The van der Waals surface area contributed by atoms with Gasteiger partial charge < -0.3 is 77.7 Å². The van der Waals surface area contributed by atoms with Crippen LogP contribution in [0, 0.1) is 11.8 Å². The maximum Gasteiger partial charge on any atom is 0.326 e. The molecule has 37 nitrogen and oxygen atoms in total. The van der Waals surface area contributed by atoms with E-state index in [-0.39, 0.29) is 157 Å². The minimum atomic E-state index is -4.13. The molecule has 5 heterocycles. The van der Waals surface area contributed by atoms with Crippen molar-refractivity contribution in [1.29, 1.82) is 0 Å². The Morgan fingerprint density at radius 1 is 0.619 bits per heavy atom. The number of carboxylic acid groups (broad SMARTS) is 5. The zero-order chi connectivity index (χ0) is 82.6. The van der Waals surface area contributed by atoms with E-state index in [9.17, 15) is 101 Å². The van der Waals surface area contributed by atoms with Gasteiger partial charge in [0, 0.05) is 134 Å². The lowest BCUT2D eigenvalue weighted by Gasteiger charge is -2.39. The summed E-state index contributed by atoms with van der Waals surface area (Å²) in [6, 6.07) is -4.30. The number of aliphatic carboxylic acids is 5. The number of nitrogens with one attached hydrogen (secondary N) is 6. The molecule has 0 spiro atoms. The highest BCUT2D eigenvalue weighted by atomic mass is 32.2. The third-order valence-corrected chi connectivity index (χ3v) is 24.6. The van der Waals surface area contributed by atoms with Gasteiger partial charge in [0.15, 0.2) is 0 Å². The number of sulfonamides is 1. The second-order valence-electron chi connectivity index (χ2n) is 29.6. The summed E-state index contributed by atoms with van der Waals surface area (Å²) >= 11 is 2.38. The molecule has 4 fully saturated rings. The van der Waals surface area contributed by atoms with Crippen molar-refractivity contribution < 1.29 is 106 Å². The number of aliphatic hydroxyl groups is 1. The highest BCUT2D eigenvalue weighted by Crippen LogP contribution is 2.35. The van der Waals surface area contributed by atoms with Crippen molar-refractivity contribution in [2.24, 2.45) is 17.6 Å². The van der Waals surface area contributed by atoms with Crippen molar-refractivity contribution in [3.63, 3.8) is 0 Å². The highest BCUT2D eigenvalue weighted by molar-refractivity contribution is 7.99. The van der Waals surface area contributed by atoms with Crippen LogP contribution in [0.25, 0.3) is 0 Å². The fourth-order valence-electron chi connectivity index (χ4n) is 14.6. The second kappa shape index (κ2) is 45.1. The van der Waals surface area contributed by atoms with Gasteiger partial charge in [0.2, 0.25) is 63.2 Å². The van der Waals surface area contributed by atoms with Gasteiger partial charge in [0.25, 0.3) is 0 Å². The number of rotatable bonds is 27. The number of fused-ring (bicyclic) bond motifs is 3. The molecule has 0 radical (unpaired) electrons. The van der Waals surface area contributed by atoms with Gasteiger partial charge in [-0.2, -0.15) is 23.5 Å². The molecule has 0 aromatic heterocycles. The summed E-state index contributed by atoms with van der Waals surface area (Å²) in [5.41, 5.74) is 7.57. The van der Waals surface area contributed by atoms with Crippen LogP contribution >= 0.6 is 23.5 Å². The molecule has 4 saturated heterocycles. The Hall–Kier alpha value is -8.35. The van der Waals surface area contributed by atoms with Crippen LogP contribution < -0.4 is 37.0 Å². The molecule has 1 aromatic rings. The number of amides is 9. The average molecular weight is 1650 g/mol. The number of nitrogens with two attached hydrogens (primary N) is 1. The minimum absolute atomic E-state index is 0.0500. The van der Waals surface area contributed by atoms with Gasteiger partial charge in [0.05, 0.1) is 44.5 Å². The molecule has 1 aromatic carbocycles. The van der Waals surface area contributed by atoms with E-state index in [1.165, 1.54) is 28.5 Å². The molecule has 628 valence electrons. The Kier molecular flexibility index (Phi) is 36.6. The SMILES string of the molecule is CCCCCS(=O)(=O)N[C@H]1CSCC2=CC(=CC(CN3CCN(C(=O)CN4CCN(CC(=O)O)CCN(CC(=O)O)CCN(CC(=O)O)CC4)CC3)C2C)CSC[C@@H](C(=O)N[C@@H](CC(=O)O)C(=O)O)NC(=O)[C@H](Cc2ccccc2)NC(=O)[C@H](CCC(N)=O)NC(=O)[C@H]([C@@H](C)O)NC(=O)[C@@H]2CCCN2C(=O)[C@@H]2CCCN2C1=O. The smallest absolute Gasteiger partial charge is 0.326 e. The van der Waals surface area contributed by atoms with E-state index in [1.807, 2.05) is 30.9 Å². The van der Waals surface area contributed by atoms with Crippen LogP contribution in [0.3, 0.4) is 0 Å². The molecule has 9 amide bonds. The van der Waals surface area contributed by atoms with Crippen LogP contribution in [0.5, 0.6) is 0 Å². The standard InChI is InChI=1S/C73H111N15O22S3/c1-4-5-9-32-113(109,110)80-56-45-112-43-51-34-49(33-50(46(51)2)37-81-28-30-86(31-29-81)60(91)38-82-20-22-83(39-62(94)95)24-26-85(41-64(98)99)27-25-84(23-21-82)40-63(96)97)42-111-44-55(68(102)77-54(73(107)108)36-61(92)93)78-67(101)53(35-48-12-7-6-8-13-48)76-66(100)52(16-17-59(74)90)75-70(104)65(47(3)89)79-69(103)57-14-10-18-87(57)72(106)58-15-11-19-88(58)71(56)105/h6-8,12-13,33-34,46-47,50,52-58,65,80,89H,4-5,9-11,14-32,35-45H2,1-3H3,(H2,74,90)(H,75,104)(H,76,100)(H,77,102)(H,78,101)(H,79,103)(H,92,93)(H,94,95)(H,96,97)(H,98,99)(H,107,108)/t46?,47-,50?,52+,53+,54+,55+,56+,57+,58+,65+/m1/s1. The van der Waals surface area contributed by atoms with Crippen LogP contribution in [-0.2, 0) is 83.6 Å². The van der Waals surface area contributed by atoms with E-state index < -0.39 is 161 Å². The Morgan fingerprint density at radius 3 is 1.71 bits per heavy atom. The van der Waals surface area contributed by atoms with Crippen molar-refractivity contribution in [2.75, 3.05) is 153 Å². The number of unbranched alkanes of at least 4 members (excludes halogenated alkanes) is 2. The van der Waals surface area contributed by atoms with E-state index in [2.05, 4.69) is 36.2 Å². The summed E-state index contributed by atoms with van der Waals surface area (Å²) in [4.78, 5) is 203. The lowest BCUT2D eigenvalue weighted by atomic mass is 9.81. The molecule has 40 heteroatoms. The number of hydrogen-bond acceptors (Lipinski definition) is 24. The van der Waals surface area contributed by atoms with Gasteiger partial charge in [-0.1, -0.05) is 74.7 Å². The van der Waals surface area contributed by atoms with Crippen molar-refractivity contribution in [3.8, 4) is 0 Å². The van der Waals surface area contributed by atoms with E-state index in [1.54, 1.807) is 49.9 Å². The number of primary amides is 1. The first-order chi connectivity index (χ1) is 53.7. The number of carbonyl (C=O) groups excluding carboxylic acids is 9. The number of hydrogen-bond donors (Lipinski definition) is 13. The zero-order valence-electron chi connectivity index (χ0n) is 64.2. The molecule has 0 saturated carbocycles. The number of carbonyl (C=O) groups is 14. The van der Waals surface area contributed by atoms with Crippen molar-refractivity contribution >= 4 is 117 Å². The topological polar surface area (TPSA) is 519 Å². The Balaban J connectivity index is 1.22. The first kappa shape index (κ1) is 91.8. The quantitative estimate of drug-likeness (QED) is 0.0381. The van der Waals surface area contributed by atoms with Crippen LogP contribution in [0.4, 0.5) is 0 Å². The minimum Gasteiger partial charge on any atom is -0.481 e. The summed E-state index contributed by atoms with van der Waals surface area (Å²) in [5.74, 6) is -15.1. The summed E-state index contributed by atoms with van der Waals surface area (Å²) < 4.78 is 30.7. The third kappa shape index (κ3) is 29.8. The summed E-state index contributed by atoms with van der Waals surface area (Å²) in [5, 5.41) is 72.6. The Bertz CT molecular complexity index is 3670. The van der Waals surface area contributed by atoms with E-state index >= 15 is 4.79 Å². The molecule has 2 unspecified atom stereocenters. The van der Waals surface area contributed by atoms with E-state index in [4.69, 9.17) is 5.73 Å². The fraction of sp³-hybridized carbons (Fsp3) is 0.671. The van der Waals surface area contributed by atoms with Crippen LogP contribution in [-0.4, -0.2) is 369 Å². The summed E-state index contributed by atoms with van der Waals surface area (Å²) in [6.07, 6.45) is 2.47. The molecule has 14 N–H and O–H groups in total. The van der Waals surface area contributed by atoms with Gasteiger partial charge >= 0.3 is 29.8 Å². The van der Waals surface area contributed by atoms with E-state index in [0.717, 1.165) is 17.3 Å². The number of benzene rings is 1. The first-order valence-corrected chi connectivity index (χ1v) is 42.3. The van der Waals surface area contributed by atoms with Crippen LogP contribution in [0.1, 0.15) is 90.5 Å². The van der Waals surface area contributed by atoms with Gasteiger partial charge in [-0.15, -0.1) is 0 Å². The number of thioether (sulfide) groups is 2. The predicted octanol–water partition coefficient (Wildman–Crippen LogP) is -3.46. The normalized spacial score (nSPS) is 25.7. The van der Waals surface area contributed by atoms with Gasteiger partial charge in [-0.25, -0.2) is 17.9 Å². The number of aliphatic hydroxyl groups excluding tert-OH is 1. The molecule has 5 aliphatic heterocycles. The molecular weight excluding hydrogens is 1540 g/mol. The average Bonchev–Trinajstić information content (AvgIpc) is 1.69. The number of nitrogens with zero attached hydrogens (tertiary/aromatic N) is 8. The predicted molar refractivity (Wildman–Crippen MR) is 415 cm³/mol.